The van der Waals surface area contributed by atoms with E-state index in [1.165, 1.54) is 0 Å². The van der Waals surface area contributed by atoms with E-state index in [2.05, 4.69) is 22.5 Å². The summed E-state index contributed by atoms with van der Waals surface area (Å²) in [4.78, 5) is 32.2. The molecule has 2 saturated heterocycles. The Hall–Kier alpha value is -4.74. The number of hydrazine groups is 1. The van der Waals surface area contributed by atoms with E-state index in [4.69, 9.17) is 4.74 Å². The smallest absolute Gasteiger partial charge is 0.245 e. The molecule has 2 amide bonds. The Morgan fingerprint density at radius 1 is 0.958 bits per heavy atom. The lowest BCUT2D eigenvalue weighted by Gasteiger charge is -2.58. The zero-order valence-corrected chi connectivity index (χ0v) is 27.0. The minimum absolute atomic E-state index is 0.0459. The first-order valence-electron chi connectivity index (χ1n) is 16.4. The molecule has 2 aliphatic carbocycles. The van der Waals surface area contributed by atoms with E-state index in [9.17, 15) is 19.8 Å². The Morgan fingerprint density at radius 3 is 2.42 bits per heavy atom. The van der Waals surface area contributed by atoms with Crippen molar-refractivity contribution in [2.45, 2.75) is 42.4 Å². The molecule has 4 bridgehead atoms. The molecule has 10 heteroatoms. The van der Waals surface area contributed by atoms with Crippen LogP contribution in [-0.2, 0) is 22.6 Å². The van der Waals surface area contributed by atoms with E-state index >= 15 is 0 Å². The van der Waals surface area contributed by atoms with Crippen LogP contribution < -0.4 is 10.1 Å². The third-order valence-corrected chi connectivity index (χ3v) is 10.6. The summed E-state index contributed by atoms with van der Waals surface area (Å²) < 4.78 is 5.37. The monoisotopic (exact) mass is 645 g/mol. The summed E-state index contributed by atoms with van der Waals surface area (Å²) in [5.41, 5.74) is 2.09. The number of rotatable bonds is 7. The zero-order chi connectivity index (χ0) is 33.2. The molecule has 0 aromatic heterocycles. The van der Waals surface area contributed by atoms with Crippen molar-refractivity contribution in [3.8, 4) is 11.5 Å². The van der Waals surface area contributed by atoms with Gasteiger partial charge in [0.1, 0.15) is 35.0 Å². The van der Waals surface area contributed by atoms with Gasteiger partial charge in [0, 0.05) is 38.0 Å². The van der Waals surface area contributed by atoms with E-state index in [1.54, 1.807) is 36.3 Å². The van der Waals surface area contributed by atoms with Crippen molar-refractivity contribution in [2.24, 2.45) is 0 Å². The number of allylic oxidation sites excluding steroid dienone is 3. The number of benzene rings is 3. The Balaban J connectivity index is 1.29. The number of methoxy groups -OCH3 is 1. The number of nitrogens with one attached hydrogen (secondary N) is 1. The summed E-state index contributed by atoms with van der Waals surface area (Å²) in [6.07, 6.45) is 7.71. The number of aromatic hydroxyl groups is 1. The van der Waals surface area contributed by atoms with Crippen LogP contribution in [0.5, 0.6) is 11.5 Å². The molecule has 0 radical (unpaired) electrons. The fraction of sp³-hybridized carbons (Fsp3) is 0.316. The molecule has 3 heterocycles. The first-order chi connectivity index (χ1) is 23.2. The number of carbonyl (C=O) groups is 2. The topological polar surface area (TPSA) is 109 Å². The second-order valence-corrected chi connectivity index (χ2v) is 13.3. The van der Waals surface area contributed by atoms with Crippen molar-refractivity contribution in [2.75, 3.05) is 33.8 Å². The number of carbonyl (C=O) groups excluding carboxylic acids is 2. The standard InChI is InChI=1S/C38H39N5O5/c1-40-24-35(45)42-32(19-25-11-15-29(44)16-12-25)36(46)41-22-31(27-7-4-3-5-8-27)28-9-6-10-33-37(47,20-28)38(33,43(40)34(42)23-41)39-21-26-13-17-30(48-2)18-14-26/h3-18,20,31-32,34,39,44,47H,19,21-24H2,1-2H3/t31?,32-,34-,37?,38?/m0/s1. The number of amides is 2. The number of phenolic OH excluding ortho intramolecular Hbond substituents is 1. The minimum Gasteiger partial charge on any atom is -0.508 e. The van der Waals surface area contributed by atoms with Crippen LogP contribution in [0.1, 0.15) is 22.6 Å². The maximum Gasteiger partial charge on any atom is 0.245 e. The summed E-state index contributed by atoms with van der Waals surface area (Å²) in [5.74, 6) is 0.431. The molecule has 5 aliphatic rings. The number of aliphatic hydroxyl groups is 1. The maximum absolute atomic E-state index is 14.6. The van der Waals surface area contributed by atoms with Crippen LogP contribution in [0.2, 0.25) is 0 Å². The van der Waals surface area contributed by atoms with Crippen molar-refractivity contribution in [1.29, 1.82) is 0 Å². The quantitative estimate of drug-likeness (QED) is 0.360. The molecule has 5 atom stereocenters. The number of hydrogen-bond acceptors (Lipinski definition) is 8. The van der Waals surface area contributed by atoms with Crippen LogP contribution in [0.3, 0.4) is 0 Å². The van der Waals surface area contributed by atoms with E-state index in [1.807, 2.05) is 83.7 Å². The Kier molecular flexibility index (Phi) is 7.30. The molecule has 3 aromatic rings. The zero-order valence-electron chi connectivity index (χ0n) is 27.0. The number of ether oxygens (including phenoxy) is 1. The van der Waals surface area contributed by atoms with E-state index in [-0.39, 0.29) is 36.6 Å². The molecule has 3 fully saturated rings. The summed E-state index contributed by atoms with van der Waals surface area (Å²) in [5, 5.41) is 30.5. The van der Waals surface area contributed by atoms with E-state index in [0.29, 0.717) is 19.5 Å². The van der Waals surface area contributed by atoms with Gasteiger partial charge in [-0.3, -0.25) is 14.9 Å². The molecule has 10 nitrogen and oxygen atoms in total. The van der Waals surface area contributed by atoms with Crippen LogP contribution in [0, 0.1) is 0 Å². The highest BCUT2D eigenvalue weighted by Gasteiger charge is 2.78. The van der Waals surface area contributed by atoms with Crippen LogP contribution in [0.15, 0.2) is 114 Å². The predicted molar refractivity (Wildman–Crippen MR) is 179 cm³/mol. The highest BCUT2D eigenvalue weighted by atomic mass is 16.5. The molecule has 0 spiro atoms. The summed E-state index contributed by atoms with van der Waals surface area (Å²) in [6, 6.07) is 24.0. The highest BCUT2D eigenvalue weighted by Crippen LogP contribution is 2.61. The van der Waals surface area contributed by atoms with Gasteiger partial charge in [-0.15, -0.1) is 0 Å². The van der Waals surface area contributed by atoms with Crippen molar-refractivity contribution < 1.29 is 24.5 Å². The second kappa shape index (κ2) is 11.5. The molecular weight excluding hydrogens is 606 g/mol. The van der Waals surface area contributed by atoms with Crippen LogP contribution in [-0.4, -0.2) is 99.1 Å². The average molecular weight is 646 g/mol. The lowest BCUT2D eigenvalue weighted by molar-refractivity contribution is -0.220. The number of hydrogen-bond donors (Lipinski definition) is 3. The van der Waals surface area contributed by atoms with Gasteiger partial charge in [-0.05, 0) is 52.6 Å². The third kappa shape index (κ3) is 4.70. The van der Waals surface area contributed by atoms with Crippen LogP contribution in [0.4, 0.5) is 0 Å². The van der Waals surface area contributed by atoms with Crippen LogP contribution in [0.25, 0.3) is 0 Å². The summed E-state index contributed by atoms with van der Waals surface area (Å²) in [7, 11) is 3.52. The van der Waals surface area contributed by atoms with Gasteiger partial charge in [0.05, 0.1) is 20.2 Å². The number of likely N-dealkylation sites (N-methyl/N-ethyl adjacent to an activating group) is 1. The van der Waals surface area contributed by atoms with Crippen molar-refractivity contribution in [1.82, 2.24) is 25.1 Å². The van der Waals surface area contributed by atoms with Gasteiger partial charge >= 0.3 is 0 Å². The maximum atomic E-state index is 14.6. The van der Waals surface area contributed by atoms with Crippen molar-refractivity contribution in [3.05, 3.63) is 131 Å². The fourth-order valence-electron chi connectivity index (χ4n) is 8.22. The molecule has 8 rings (SSSR count). The minimum atomic E-state index is -1.40. The number of fused-ring (bicyclic) bond motifs is 3. The normalized spacial score (nSPS) is 29.6. The van der Waals surface area contributed by atoms with Gasteiger partial charge in [-0.1, -0.05) is 72.8 Å². The number of nitrogens with zero attached hydrogens (tertiary/aromatic N) is 4. The molecule has 3 aliphatic heterocycles. The summed E-state index contributed by atoms with van der Waals surface area (Å²) >= 11 is 0. The van der Waals surface area contributed by atoms with Gasteiger partial charge in [0.2, 0.25) is 11.8 Å². The predicted octanol–water partition coefficient (Wildman–Crippen LogP) is 2.92. The molecule has 1 saturated carbocycles. The van der Waals surface area contributed by atoms with Gasteiger partial charge in [-0.2, -0.15) is 5.01 Å². The van der Waals surface area contributed by atoms with Crippen LogP contribution >= 0.6 is 0 Å². The third-order valence-electron chi connectivity index (χ3n) is 10.6. The lowest BCUT2D eigenvalue weighted by Crippen LogP contribution is -2.79. The van der Waals surface area contributed by atoms with Gasteiger partial charge < -0.3 is 24.7 Å². The first-order valence-corrected chi connectivity index (χ1v) is 16.4. The SMILES string of the molecule is COc1ccc(CNC23C4=CC=CC(=CC42O)C(c2ccccc2)CN2C[C@H]4N(C(=O)CN(C)N43)[C@@H](Cc3ccc(O)cc3)C2=O)cc1. The van der Waals surface area contributed by atoms with E-state index in [0.717, 1.165) is 33.6 Å². The van der Waals surface area contributed by atoms with Gasteiger partial charge in [0.15, 0.2) is 0 Å². The Morgan fingerprint density at radius 2 is 1.69 bits per heavy atom. The van der Waals surface area contributed by atoms with Crippen molar-refractivity contribution in [3.63, 3.8) is 0 Å². The second-order valence-electron chi connectivity index (χ2n) is 13.3. The van der Waals surface area contributed by atoms with E-state index < -0.39 is 23.5 Å². The highest BCUT2D eigenvalue weighted by molar-refractivity contribution is 5.91. The average Bonchev–Trinajstić information content (AvgIpc) is 3.65. The number of phenols is 1. The summed E-state index contributed by atoms with van der Waals surface area (Å²) in [6.45, 7) is 1.14. The molecule has 3 aromatic carbocycles. The van der Waals surface area contributed by atoms with Gasteiger partial charge in [0.25, 0.3) is 0 Å². The molecule has 3 unspecified atom stereocenters. The Bertz CT molecular complexity index is 1840. The molecule has 3 N–H and O–H groups in total. The molecular formula is C38H39N5O5. The Labute approximate surface area is 279 Å². The largest absolute Gasteiger partial charge is 0.508 e. The van der Waals surface area contributed by atoms with Gasteiger partial charge in [-0.25, -0.2) is 5.01 Å². The number of piperazine rings is 1. The fourth-order valence-corrected chi connectivity index (χ4v) is 8.22. The molecule has 246 valence electrons. The lowest BCUT2D eigenvalue weighted by atomic mass is 9.87. The first kappa shape index (κ1) is 30.6. The molecule has 48 heavy (non-hydrogen) atoms. The van der Waals surface area contributed by atoms with Crippen molar-refractivity contribution >= 4 is 11.8 Å².